The van der Waals surface area contributed by atoms with Crippen LogP contribution in [0.5, 0.6) is 11.5 Å². The smallest absolute Gasteiger partial charge is 0.128 e. The first-order chi connectivity index (χ1) is 14.7. The van der Waals surface area contributed by atoms with E-state index in [4.69, 9.17) is 14.5 Å². The first-order valence-electron chi connectivity index (χ1n) is 10.3. The minimum Gasteiger partial charge on any atom is -0.496 e. The first-order valence-corrected chi connectivity index (χ1v) is 10.3. The van der Waals surface area contributed by atoms with Crippen molar-refractivity contribution in [1.82, 2.24) is 14.9 Å². The molecule has 1 atom stereocenters. The van der Waals surface area contributed by atoms with Crippen molar-refractivity contribution in [3.63, 3.8) is 0 Å². The van der Waals surface area contributed by atoms with E-state index in [0.717, 1.165) is 55.2 Å². The van der Waals surface area contributed by atoms with Crippen molar-refractivity contribution in [3.8, 4) is 22.8 Å². The number of hydrogen-bond donors (Lipinski definition) is 0. The highest BCUT2D eigenvalue weighted by atomic mass is 19.1. The Morgan fingerprint density at radius 2 is 1.87 bits per heavy atom. The number of benzene rings is 2. The van der Waals surface area contributed by atoms with E-state index in [1.165, 1.54) is 12.1 Å². The van der Waals surface area contributed by atoms with E-state index in [0.29, 0.717) is 18.3 Å². The minimum atomic E-state index is -0.254. The fraction of sp³-hybridized carbons (Fsp3) is 0.333. The van der Waals surface area contributed by atoms with Gasteiger partial charge in [-0.1, -0.05) is 12.1 Å². The van der Waals surface area contributed by atoms with Crippen LogP contribution in [-0.2, 0) is 0 Å². The largest absolute Gasteiger partial charge is 0.496 e. The van der Waals surface area contributed by atoms with E-state index < -0.39 is 0 Å². The molecule has 2 heterocycles. The van der Waals surface area contributed by atoms with Crippen LogP contribution in [0.4, 0.5) is 4.39 Å². The van der Waals surface area contributed by atoms with Gasteiger partial charge in [0.1, 0.15) is 23.9 Å². The highest BCUT2D eigenvalue weighted by Crippen LogP contribution is 2.35. The second-order valence-electron chi connectivity index (χ2n) is 7.43. The molecule has 1 aliphatic heterocycles. The van der Waals surface area contributed by atoms with Gasteiger partial charge >= 0.3 is 0 Å². The lowest BCUT2D eigenvalue weighted by Crippen LogP contribution is -2.37. The summed E-state index contributed by atoms with van der Waals surface area (Å²) in [6.07, 6.45) is 5.69. The number of aromatic nitrogens is 2. The number of nitrogens with zero attached hydrogens (tertiary/aromatic N) is 3. The number of methoxy groups -OCH3 is 1. The second-order valence-corrected chi connectivity index (χ2v) is 7.43. The van der Waals surface area contributed by atoms with Gasteiger partial charge < -0.3 is 9.47 Å². The summed E-state index contributed by atoms with van der Waals surface area (Å²) in [5, 5.41) is 0. The number of ether oxygens (including phenoxy) is 2. The average Bonchev–Trinajstić information content (AvgIpc) is 2.80. The van der Waals surface area contributed by atoms with Crippen LogP contribution >= 0.6 is 0 Å². The molecule has 0 saturated carbocycles. The SMILES string of the molecule is COc1ccccc1-c1nccnc1C1CCCN(CCOc2ccc(F)cc2)C1. The molecule has 0 spiro atoms. The maximum absolute atomic E-state index is 13.0. The third-order valence-electron chi connectivity index (χ3n) is 5.47. The third kappa shape index (κ3) is 4.76. The Hall–Kier alpha value is -2.99. The van der Waals surface area contributed by atoms with Gasteiger partial charge in [-0.25, -0.2) is 4.39 Å². The molecule has 1 unspecified atom stereocenters. The number of piperidine rings is 1. The summed E-state index contributed by atoms with van der Waals surface area (Å²) in [5.41, 5.74) is 2.88. The van der Waals surface area contributed by atoms with Gasteiger partial charge in [0.05, 0.1) is 18.5 Å². The van der Waals surface area contributed by atoms with E-state index in [2.05, 4.69) is 9.88 Å². The number of halogens is 1. The molecule has 0 aliphatic carbocycles. The van der Waals surface area contributed by atoms with Crippen molar-refractivity contribution in [2.24, 2.45) is 0 Å². The lowest BCUT2D eigenvalue weighted by atomic mass is 9.91. The van der Waals surface area contributed by atoms with Crippen molar-refractivity contribution in [3.05, 3.63) is 72.4 Å². The molecule has 0 amide bonds. The summed E-state index contributed by atoms with van der Waals surface area (Å²) in [6.45, 7) is 3.33. The zero-order valence-corrected chi connectivity index (χ0v) is 17.1. The molecule has 2 aromatic carbocycles. The molecule has 0 radical (unpaired) electrons. The summed E-state index contributed by atoms with van der Waals surface area (Å²) in [4.78, 5) is 11.8. The van der Waals surface area contributed by atoms with Crippen LogP contribution in [0.15, 0.2) is 60.9 Å². The Morgan fingerprint density at radius 3 is 2.70 bits per heavy atom. The molecule has 1 fully saturated rings. The van der Waals surface area contributed by atoms with Crippen molar-refractivity contribution >= 4 is 0 Å². The van der Waals surface area contributed by atoms with Crippen LogP contribution in [-0.4, -0.2) is 48.2 Å². The maximum atomic E-state index is 13.0. The molecule has 5 nitrogen and oxygen atoms in total. The van der Waals surface area contributed by atoms with Gasteiger partial charge in [0.25, 0.3) is 0 Å². The van der Waals surface area contributed by atoms with Gasteiger partial charge in [0.15, 0.2) is 0 Å². The predicted octanol–water partition coefficient (Wildman–Crippen LogP) is 4.55. The molecule has 4 rings (SSSR count). The molecule has 1 aliphatic rings. The highest BCUT2D eigenvalue weighted by molar-refractivity contribution is 5.69. The summed E-state index contributed by atoms with van der Waals surface area (Å²) in [6, 6.07) is 14.1. The van der Waals surface area contributed by atoms with E-state index >= 15 is 0 Å². The Kier molecular flexibility index (Phi) is 6.54. The molecule has 0 N–H and O–H groups in total. The zero-order chi connectivity index (χ0) is 20.8. The van der Waals surface area contributed by atoms with Crippen LogP contribution in [0.1, 0.15) is 24.5 Å². The van der Waals surface area contributed by atoms with Crippen molar-refractivity contribution < 1.29 is 13.9 Å². The number of rotatable bonds is 7. The predicted molar refractivity (Wildman–Crippen MR) is 114 cm³/mol. The number of para-hydroxylation sites is 1. The molecule has 0 bridgehead atoms. The lowest BCUT2D eigenvalue weighted by molar-refractivity contribution is 0.169. The summed E-state index contributed by atoms with van der Waals surface area (Å²) < 4.78 is 24.3. The van der Waals surface area contributed by atoms with Crippen LogP contribution in [0.25, 0.3) is 11.3 Å². The molecule has 1 saturated heterocycles. The number of likely N-dealkylation sites (tertiary alicyclic amines) is 1. The summed E-state index contributed by atoms with van der Waals surface area (Å²) in [5.74, 6) is 1.55. The fourth-order valence-corrected chi connectivity index (χ4v) is 4.00. The lowest BCUT2D eigenvalue weighted by Gasteiger charge is -2.33. The van der Waals surface area contributed by atoms with Crippen molar-refractivity contribution in [1.29, 1.82) is 0 Å². The molecular formula is C24H26FN3O2. The van der Waals surface area contributed by atoms with Gasteiger partial charge in [-0.15, -0.1) is 0 Å². The average molecular weight is 407 g/mol. The maximum Gasteiger partial charge on any atom is 0.128 e. The Bertz CT molecular complexity index is 965. The molecule has 30 heavy (non-hydrogen) atoms. The molecular weight excluding hydrogens is 381 g/mol. The standard InChI is InChI=1S/C24H26FN3O2/c1-29-22-7-3-2-6-21(22)24-23(26-12-13-27-24)18-5-4-14-28(17-18)15-16-30-20-10-8-19(25)9-11-20/h2-3,6-13,18H,4-5,14-17H2,1H3. The monoisotopic (exact) mass is 407 g/mol. The Morgan fingerprint density at radius 1 is 1.07 bits per heavy atom. The zero-order valence-electron chi connectivity index (χ0n) is 17.1. The molecule has 156 valence electrons. The van der Waals surface area contributed by atoms with Gasteiger partial charge in [0, 0.05) is 37.0 Å². The third-order valence-corrected chi connectivity index (χ3v) is 5.47. The van der Waals surface area contributed by atoms with E-state index in [9.17, 15) is 4.39 Å². The quantitative estimate of drug-likeness (QED) is 0.575. The summed E-state index contributed by atoms with van der Waals surface area (Å²) in [7, 11) is 1.68. The van der Waals surface area contributed by atoms with E-state index in [-0.39, 0.29) is 5.82 Å². The first kappa shape index (κ1) is 20.3. The normalized spacial score (nSPS) is 16.9. The van der Waals surface area contributed by atoms with Gasteiger partial charge in [-0.3, -0.25) is 14.9 Å². The van der Waals surface area contributed by atoms with Crippen LogP contribution in [0.2, 0.25) is 0 Å². The topological polar surface area (TPSA) is 47.5 Å². The van der Waals surface area contributed by atoms with Crippen LogP contribution < -0.4 is 9.47 Å². The Labute approximate surface area is 176 Å². The molecule has 1 aromatic heterocycles. The minimum absolute atomic E-state index is 0.254. The molecule has 3 aromatic rings. The van der Waals surface area contributed by atoms with Gasteiger partial charge in [-0.2, -0.15) is 0 Å². The fourth-order valence-electron chi connectivity index (χ4n) is 4.00. The van der Waals surface area contributed by atoms with Crippen molar-refractivity contribution in [2.45, 2.75) is 18.8 Å². The highest BCUT2D eigenvalue weighted by Gasteiger charge is 2.26. The van der Waals surface area contributed by atoms with Gasteiger partial charge in [-0.05, 0) is 55.8 Å². The Balaban J connectivity index is 1.44. The van der Waals surface area contributed by atoms with E-state index in [1.54, 1.807) is 31.6 Å². The second kappa shape index (κ2) is 9.67. The van der Waals surface area contributed by atoms with Crippen LogP contribution in [0.3, 0.4) is 0 Å². The van der Waals surface area contributed by atoms with Crippen LogP contribution in [0, 0.1) is 5.82 Å². The summed E-state index contributed by atoms with van der Waals surface area (Å²) >= 11 is 0. The van der Waals surface area contributed by atoms with E-state index in [1.807, 2.05) is 24.3 Å². The van der Waals surface area contributed by atoms with Crippen molar-refractivity contribution in [2.75, 3.05) is 33.4 Å². The molecule has 6 heteroatoms. The number of hydrogen-bond acceptors (Lipinski definition) is 5. The van der Waals surface area contributed by atoms with Gasteiger partial charge in [0.2, 0.25) is 0 Å².